The third kappa shape index (κ3) is 1.90. The van der Waals surface area contributed by atoms with Gasteiger partial charge in [-0.2, -0.15) is 0 Å². The summed E-state index contributed by atoms with van der Waals surface area (Å²) in [4.78, 5) is 4.44. The van der Waals surface area contributed by atoms with Gasteiger partial charge < -0.3 is 10.6 Å². The van der Waals surface area contributed by atoms with Crippen LogP contribution in [-0.4, -0.2) is 24.1 Å². The van der Waals surface area contributed by atoms with Gasteiger partial charge in [0.1, 0.15) is 5.82 Å². The minimum Gasteiger partial charge on any atom is -0.366 e. The molecule has 0 saturated carbocycles. The highest BCUT2D eigenvalue weighted by Crippen LogP contribution is 2.26. The molecule has 2 aromatic rings. The number of hydrogen-bond donors (Lipinski definition) is 2. The van der Waals surface area contributed by atoms with E-state index >= 15 is 0 Å². The first-order valence-corrected chi connectivity index (χ1v) is 6.61. The van der Waals surface area contributed by atoms with Gasteiger partial charge in [0.05, 0.1) is 0 Å². The van der Waals surface area contributed by atoms with Gasteiger partial charge in [-0.15, -0.1) is 11.3 Å². The van der Waals surface area contributed by atoms with Gasteiger partial charge >= 0.3 is 0 Å². The number of pyridine rings is 1. The first-order valence-electron chi connectivity index (χ1n) is 5.73. The van der Waals surface area contributed by atoms with Gasteiger partial charge in [-0.25, -0.2) is 4.98 Å². The normalized spacial score (nSPS) is 21.1. The van der Waals surface area contributed by atoms with E-state index in [4.69, 9.17) is 0 Å². The lowest BCUT2D eigenvalue weighted by atomic mass is 10.1. The largest absolute Gasteiger partial charge is 0.366 e. The number of aromatic nitrogens is 1. The molecule has 3 nitrogen and oxygen atoms in total. The van der Waals surface area contributed by atoms with Crippen molar-refractivity contribution in [3.63, 3.8) is 0 Å². The summed E-state index contributed by atoms with van der Waals surface area (Å²) in [5, 5.41) is 10.3. The Morgan fingerprint density at radius 1 is 1.44 bits per heavy atom. The molecule has 1 fully saturated rings. The van der Waals surface area contributed by atoms with Crippen LogP contribution in [0.5, 0.6) is 0 Å². The fraction of sp³-hybridized carbons (Fsp3) is 0.417. The maximum Gasteiger partial charge on any atom is 0.134 e. The quantitative estimate of drug-likeness (QED) is 0.836. The Hall–Kier alpha value is -1.13. The number of nitrogens with one attached hydrogen (secondary N) is 2. The highest BCUT2D eigenvalue weighted by atomic mass is 32.1. The number of thiophene rings is 1. The highest BCUT2D eigenvalue weighted by molar-refractivity contribution is 7.17. The first kappa shape index (κ1) is 10.1. The van der Waals surface area contributed by atoms with E-state index in [0.717, 1.165) is 18.9 Å². The average molecular weight is 233 g/mol. The van der Waals surface area contributed by atoms with E-state index < -0.39 is 0 Å². The van der Waals surface area contributed by atoms with Crippen molar-refractivity contribution >= 4 is 27.2 Å². The van der Waals surface area contributed by atoms with Crippen LogP contribution < -0.4 is 10.6 Å². The van der Waals surface area contributed by atoms with Gasteiger partial charge in [-0.3, -0.25) is 0 Å². The van der Waals surface area contributed by atoms with Crippen molar-refractivity contribution < 1.29 is 0 Å². The summed E-state index contributed by atoms with van der Waals surface area (Å²) in [5.74, 6) is 1.03. The second-order valence-electron chi connectivity index (χ2n) is 4.18. The standard InChI is InChI=1S/C12H15N3S/c1-2-9(8-13-5-1)15-12-10-4-7-16-11(10)3-6-14-12/h3-4,6-7,9,13H,1-2,5,8H2,(H,14,15). The van der Waals surface area contributed by atoms with E-state index in [1.807, 2.05) is 6.20 Å². The second kappa shape index (κ2) is 4.39. The van der Waals surface area contributed by atoms with E-state index in [1.165, 1.54) is 22.9 Å². The lowest BCUT2D eigenvalue weighted by Crippen LogP contribution is -2.38. The molecule has 1 saturated heterocycles. The molecular weight excluding hydrogens is 218 g/mol. The molecule has 3 rings (SSSR count). The predicted octanol–water partition coefficient (Wildman–Crippen LogP) is 2.46. The number of hydrogen-bond acceptors (Lipinski definition) is 4. The van der Waals surface area contributed by atoms with Crippen LogP contribution >= 0.6 is 11.3 Å². The number of nitrogens with zero attached hydrogens (tertiary/aromatic N) is 1. The molecule has 4 heteroatoms. The zero-order valence-electron chi connectivity index (χ0n) is 9.07. The number of fused-ring (bicyclic) bond motifs is 1. The van der Waals surface area contributed by atoms with E-state index in [1.54, 1.807) is 11.3 Å². The van der Waals surface area contributed by atoms with Gasteiger partial charge in [0, 0.05) is 28.9 Å². The van der Waals surface area contributed by atoms with Crippen LogP contribution in [0.3, 0.4) is 0 Å². The van der Waals surface area contributed by atoms with Crippen LogP contribution in [0.4, 0.5) is 5.82 Å². The van der Waals surface area contributed by atoms with Crippen molar-refractivity contribution in [3.8, 4) is 0 Å². The summed E-state index contributed by atoms with van der Waals surface area (Å²) in [5.41, 5.74) is 0. The Morgan fingerprint density at radius 2 is 2.44 bits per heavy atom. The molecule has 16 heavy (non-hydrogen) atoms. The molecule has 1 atom stereocenters. The third-order valence-electron chi connectivity index (χ3n) is 3.02. The number of piperidine rings is 1. The molecule has 2 aromatic heterocycles. The van der Waals surface area contributed by atoms with E-state index in [9.17, 15) is 0 Å². The summed E-state index contributed by atoms with van der Waals surface area (Å²) in [7, 11) is 0. The highest BCUT2D eigenvalue weighted by Gasteiger charge is 2.14. The summed E-state index contributed by atoms with van der Waals surface area (Å²) in [6.07, 6.45) is 4.36. The van der Waals surface area contributed by atoms with Crippen LogP contribution in [0.2, 0.25) is 0 Å². The number of anilines is 1. The maximum atomic E-state index is 4.44. The van der Waals surface area contributed by atoms with Crippen LogP contribution in [0.1, 0.15) is 12.8 Å². The van der Waals surface area contributed by atoms with Gasteiger partial charge in [-0.1, -0.05) is 0 Å². The Balaban J connectivity index is 1.85. The molecule has 1 aliphatic heterocycles. The fourth-order valence-electron chi connectivity index (χ4n) is 2.18. The maximum absolute atomic E-state index is 4.44. The lowest BCUT2D eigenvalue weighted by molar-refractivity contribution is 0.479. The molecule has 0 amide bonds. The smallest absolute Gasteiger partial charge is 0.134 e. The summed E-state index contributed by atoms with van der Waals surface area (Å²) in [6, 6.07) is 4.74. The Morgan fingerprint density at radius 3 is 3.31 bits per heavy atom. The Labute approximate surface area is 98.9 Å². The minimum atomic E-state index is 0.520. The number of rotatable bonds is 2. The minimum absolute atomic E-state index is 0.520. The molecular formula is C12H15N3S. The first-order chi connectivity index (χ1) is 7.93. The van der Waals surface area contributed by atoms with Crippen molar-refractivity contribution in [3.05, 3.63) is 23.7 Å². The molecule has 1 aliphatic rings. The van der Waals surface area contributed by atoms with E-state index in [0.29, 0.717) is 6.04 Å². The zero-order chi connectivity index (χ0) is 10.8. The summed E-state index contributed by atoms with van der Waals surface area (Å²) < 4.78 is 1.31. The van der Waals surface area contributed by atoms with Gasteiger partial charge in [0.15, 0.2) is 0 Å². The third-order valence-corrected chi connectivity index (χ3v) is 3.90. The predicted molar refractivity (Wildman–Crippen MR) is 69.1 cm³/mol. The zero-order valence-corrected chi connectivity index (χ0v) is 9.89. The summed E-state index contributed by atoms with van der Waals surface area (Å²) in [6.45, 7) is 2.19. The SMILES string of the molecule is c1cc2sccc2c(NC2CCCNC2)n1. The van der Waals surface area contributed by atoms with Crippen molar-refractivity contribution in [1.29, 1.82) is 0 Å². The van der Waals surface area contributed by atoms with Crippen molar-refractivity contribution in [2.24, 2.45) is 0 Å². The van der Waals surface area contributed by atoms with Gasteiger partial charge in [0.2, 0.25) is 0 Å². The van der Waals surface area contributed by atoms with Crippen LogP contribution in [0, 0.1) is 0 Å². The molecule has 0 aliphatic carbocycles. The molecule has 0 bridgehead atoms. The molecule has 84 valence electrons. The fourth-order valence-corrected chi connectivity index (χ4v) is 2.96. The van der Waals surface area contributed by atoms with Crippen LogP contribution in [-0.2, 0) is 0 Å². The van der Waals surface area contributed by atoms with Crippen LogP contribution in [0.15, 0.2) is 23.7 Å². The molecule has 2 N–H and O–H groups in total. The van der Waals surface area contributed by atoms with Gasteiger partial charge in [0.25, 0.3) is 0 Å². The van der Waals surface area contributed by atoms with Crippen molar-refractivity contribution in [2.75, 3.05) is 18.4 Å². The molecule has 0 radical (unpaired) electrons. The van der Waals surface area contributed by atoms with E-state index in [-0.39, 0.29) is 0 Å². The topological polar surface area (TPSA) is 37.0 Å². The second-order valence-corrected chi connectivity index (χ2v) is 5.13. The molecule has 3 heterocycles. The molecule has 0 aromatic carbocycles. The Bertz CT molecular complexity index is 474. The monoisotopic (exact) mass is 233 g/mol. The summed E-state index contributed by atoms with van der Waals surface area (Å²) >= 11 is 1.77. The van der Waals surface area contributed by atoms with Gasteiger partial charge in [-0.05, 0) is 36.9 Å². The van der Waals surface area contributed by atoms with Crippen molar-refractivity contribution in [2.45, 2.75) is 18.9 Å². The molecule has 0 spiro atoms. The van der Waals surface area contributed by atoms with E-state index in [2.05, 4.69) is 33.1 Å². The van der Waals surface area contributed by atoms with Crippen LogP contribution in [0.25, 0.3) is 10.1 Å². The Kier molecular flexibility index (Phi) is 2.76. The van der Waals surface area contributed by atoms with Crippen molar-refractivity contribution in [1.82, 2.24) is 10.3 Å². The molecule has 1 unspecified atom stereocenters. The average Bonchev–Trinajstić information content (AvgIpc) is 2.80. The lowest BCUT2D eigenvalue weighted by Gasteiger charge is -2.24.